The molecule has 2 N–H and O–H groups in total. The lowest BCUT2D eigenvalue weighted by Gasteiger charge is -2.32. The maximum atomic E-state index is 13.5. The lowest BCUT2D eigenvalue weighted by Crippen LogP contribution is -2.48. The minimum Gasteiger partial charge on any atom is -0.465 e. The molecule has 5 heterocycles. The molecule has 3 amide bonds. The van der Waals surface area contributed by atoms with Crippen LogP contribution in [0.5, 0.6) is 0 Å². The third-order valence-corrected chi connectivity index (χ3v) is 9.71. The lowest BCUT2D eigenvalue weighted by atomic mass is 9.88. The first-order valence-electron chi connectivity index (χ1n) is 15.8. The van der Waals surface area contributed by atoms with Crippen molar-refractivity contribution in [1.82, 2.24) is 34.2 Å². The van der Waals surface area contributed by atoms with Gasteiger partial charge in [-0.3, -0.25) is 9.59 Å². The molecule has 12 heteroatoms. The van der Waals surface area contributed by atoms with E-state index in [4.69, 9.17) is 15.1 Å². The number of amides is 3. The summed E-state index contributed by atoms with van der Waals surface area (Å²) in [7, 11) is 1.96. The number of para-hydroxylation sites is 1. The number of aryl methyl sites for hydroxylation is 1. The van der Waals surface area contributed by atoms with Gasteiger partial charge < -0.3 is 29.4 Å². The zero-order chi connectivity index (χ0) is 31.4. The average Bonchev–Trinajstić information content (AvgIpc) is 3.70. The summed E-state index contributed by atoms with van der Waals surface area (Å²) in [6.07, 6.45) is 3.45. The van der Waals surface area contributed by atoms with Gasteiger partial charge in [-0.1, -0.05) is 18.2 Å². The molecule has 2 aliphatic heterocycles. The van der Waals surface area contributed by atoms with Crippen molar-refractivity contribution in [2.75, 3.05) is 32.9 Å². The van der Waals surface area contributed by atoms with E-state index in [0.717, 1.165) is 44.0 Å². The van der Waals surface area contributed by atoms with Crippen LogP contribution in [-0.4, -0.2) is 90.8 Å². The SMILES string of the molecule is CC(=O)N1CCC(c2cccc3cc(-c4nc5cc6c(nc5n4C)CCN(CC(CF)NC(=O)O)C6=O)n(CC4CC4)c23)CC1. The number of hydrogen-bond donors (Lipinski definition) is 2. The molecule has 3 aromatic heterocycles. The van der Waals surface area contributed by atoms with Crippen LogP contribution in [0.4, 0.5) is 9.18 Å². The molecule has 1 saturated carbocycles. The highest BCUT2D eigenvalue weighted by molar-refractivity contribution is 5.99. The number of carboxylic acid groups (broad SMARTS) is 1. The zero-order valence-corrected chi connectivity index (χ0v) is 25.6. The van der Waals surface area contributed by atoms with Crippen LogP contribution >= 0.6 is 0 Å². The van der Waals surface area contributed by atoms with E-state index in [9.17, 15) is 18.8 Å². The molecule has 4 aromatic rings. The first-order chi connectivity index (χ1) is 21.7. The first kappa shape index (κ1) is 29.2. The predicted octanol–water partition coefficient (Wildman–Crippen LogP) is 4.33. The van der Waals surface area contributed by atoms with Crippen LogP contribution in [0.15, 0.2) is 30.3 Å². The Labute approximate surface area is 260 Å². The molecule has 7 rings (SSSR count). The van der Waals surface area contributed by atoms with Gasteiger partial charge in [-0.2, -0.15) is 0 Å². The Hall–Kier alpha value is -4.48. The number of fused-ring (bicyclic) bond motifs is 3. The molecule has 236 valence electrons. The predicted molar refractivity (Wildman–Crippen MR) is 167 cm³/mol. The number of alkyl halides is 1. The second-order valence-electron chi connectivity index (χ2n) is 12.8. The number of hydrogen-bond acceptors (Lipinski definition) is 5. The molecule has 1 atom stereocenters. The van der Waals surface area contributed by atoms with Crippen molar-refractivity contribution in [1.29, 1.82) is 0 Å². The van der Waals surface area contributed by atoms with E-state index < -0.39 is 18.8 Å². The van der Waals surface area contributed by atoms with Crippen molar-refractivity contribution < 1.29 is 23.9 Å². The number of piperidine rings is 1. The second-order valence-corrected chi connectivity index (χ2v) is 12.8. The molecule has 1 saturated heterocycles. The summed E-state index contributed by atoms with van der Waals surface area (Å²) in [5, 5.41) is 12.3. The Kier molecular flexibility index (Phi) is 7.45. The molecule has 11 nitrogen and oxygen atoms in total. The fraction of sp³-hybridized carbons (Fsp3) is 0.485. The molecule has 45 heavy (non-hydrogen) atoms. The smallest absolute Gasteiger partial charge is 0.405 e. The van der Waals surface area contributed by atoms with Gasteiger partial charge in [0.1, 0.15) is 12.2 Å². The highest BCUT2D eigenvalue weighted by atomic mass is 19.1. The molecule has 3 aliphatic rings. The number of benzene rings is 1. The molecule has 1 unspecified atom stereocenters. The van der Waals surface area contributed by atoms with Gasteiger partial charge in [0.05, 0.1) is 28.5 Å². The van der Waals surface area contributed by atoms with Crippen LogP contribution in [0.25, 0.3) is 33.6 Å². The van der Waals surface area contributed by atoms with E-state index in [2.05, 4.69) is 34.1 Å². The lowest BCUT2D eigenvalue weighted by molar-refractivity contribution is -0.129. The van der Waals surface area contributed by atoms with E-state index in [-0.39, 0.29) is 18.4 Å². The molecule has 0 spiro atoms. The van der Waals surface area contributed by atoms with E-state index in [1.165, 1.54) is 34.2 Å². The largest absolute Gasteiger partial charge is 0.465 e. The van der Waals surface area contributed by atoms with Gasteiger partial charge in [-0.05, 0) is 55.2 Å². The maximum absolute atomic E-state index is 13.5. The molecule has 0 radical (unpaired) electrons. The zero-order valence-electron chi connectivity index (χ0n) is 25.6. The highest BCUT2D eigenvalue weighted by Crippen LogP contribution is 2.40. The number of aromatic nitrogens is 4. The number of halogens is 1. The van der Waals surface area contributed by atoms with Gasteiger partial charge in [-0.15, -0.1) is 0 Å². The average molecular weight is 616 g/mol. The van der Waals surface area contributed by atoms with Gasteiger partial charge in [0.25, 0.3) is 5.91 Å². The van der Waals surface area contributed by atoms with E-state index in [1.54, 1.807) is 13.0 Å². The van der Waals surface area contributed by atoms with E-state index in [0.29, 0.717) is 47.2 Å². The molecular weight excluding hydrogens is 577 g/mol. The number of imidazole rings is 1. The summed E-state index contributed by atoms with van der Waals surface area (Å²) in [4.78, 5) is 49.8. The van der Waals surface area contributed by atoms with Gasteiger partial charge in [0.2, 0.25) is 5.91 Å². The van der Waals surface area contributed by atoms with Crippen LogP contribution in [0.1, 0.15) is 60.1 Å². The minimum absolute atomic E-state index is 0.0516. The van der Waals surface area contributed by atoms with Crippen molar-refractivity contribution in [3.8, 4) is 11.5 Å². The fourth-order valence-corrected chi connectivity index (χ4v) is 7.14. The molecule has 2 fully saturated rings. The molecule has 1 aliphatic carbocycles. The van der Waals surface area contributed by atoms with Crippen LogP contribution in [0.2, 0.25) is 0 Å². The topological polar surface area (TPSA) is 126 Å². The first-order valence-corrected chi connectivity index (χ1v) is 15.8. The number of pyridine rings is 1. The summed E-state index contributed by atoms with van der Waals surface area (Å²) >= 11 is 0. The quantitative estimate of drug-likeness (QED) is 0.304. The third kappa shape index (κ3) is 5.40. The van der Waals surface area contributed by atoms with Crippen LogP contribution in [-0.2, 0) is 24.8 Å². The van der Waals surface area contributed by atoms with Crippen molar-refractivity contribution in [3.05, 3.63) is 47.2 Å². The van der Waals surface area contributed by atoms with Crippen molar-refractivity contribution >= 4 is 40.0 Å². The van der Waals surface area contributed by atoms with E-state index in [1.807, 2.05) is 16.5 Å². The third-order valence-electron chi connectivity index (χ3n) is 9.71. The van der Waals surface area contributed by atoms with E-state index >= 15 is 0 Å². The summed E-state index contributed by atoms with van der Waals surface area (Å²) in [6, 6.07) is 9.52. The van der Waals surface area contributed by atoms with Crippen LogP contribution in [0, 0.1) is 5.92 Å². The number of nitrogens with one attached hydrogen (secondary N) is 1. The molecule has 1 aromatic carbocycles. The van der Waals surface area contributed by atoms with Gasteiger partial charge >= 0.3 is 6.09 Å². The number of likely N-dealkylation sites (tertiary alicyclic amines) is 1. The van der Waals surface area contributed by atoms with Crippen molar-refractivity contribution in [2.24, 2.45) is 13.0 Å². The van der Waals surface area contributed by atoms with Gasteiger partial charge in [-0.25, -0.2) is 19.2 Å². The Bertz CT molecular complexity index is 1820. The monoisotopic (exact) mass is 615 g/mol. The Morgan fingerprint density at radius 1 is 1.11 bits per heavy atom. The van der Waals surface area contributed by atoms with Crippen LogP contribution < -0.4 is 5.32 Å². The van der Waals surface area contributed by atoms with Crippen LogP contribution in [0.3, 0.4) is 0 Å². The standard InChI is InChI=1S/C33H38FN7O4/c1-19(42)39-11-8-21(9-12-39)24-5-3-4-22-14-28(41(29(22)24)17-20-6-7-20)31-37-27-15-25-26(36-30(27)38(31)2)10-13-40(32(25)43)18-23(16-34)35-33(44)45/h3-5,14-15,20-21,23,35H,6-13,16-18H2,1-2H3,(H,44,45). The molecular formula is C33H38FN7O4. The Balaban J connectivity index is 1.26. The number of nitrogens with zero attached hydrogens (tertiary/aromatic N) is 6. The highest BCUT2D eigenvalue weighted by Gasteiger charge is 2.32. The van der Waals surface area contributed by atoms with Gasteiger partial charge in [0.15, 0.2) is 11.5 Å². The summed E-state index contributed by atoms with van der Waals surface area (Å²) < 4.78 is 17.9. The number of carbonyl (C=O) groups is 3. The molecule has 0 bridgehead atoms. The maximum Gasteiger partial charge on any atom is 0.405 e. The van der Waals surface area contributed by atoms with Gasteiger partial charge in [0, 0.05) is 58.5 Å². The minimum atomic E-state index is -1.32. The normalized spacial score (nSPS) is 18.1. The number of carbonyl (C=O) groups excluding carboxylic acids is 2. The second kappa shape index (κ2) is 11.5. The van der Waals surface area contributed by atoms with Crippen molar-refractivity contribution in [2.45, 2.75) is 57.5 Å². The summed E-state index contributed by atoms with van der Waals surface area (Å²) in [6.45, 7) is 3.47. The Morgan fingerprint density at radius 2 is 1.89 bits per heavy atom. The number of rotatable bonds is 8. The summed E-state index contributed by atoms with van der Waals surface area (Å²) in [5.41, 5.74) is 5.96. The fourth-order valence-electron chi connectivity index (χ4n) is 7.14. The Morgan fingerprint density at radius 3 is 2.58 bits per heavy atom. The summed E-state index contributed by atoms with van der Waals surface area (Å²) in [5.74, 6) is 1.61. The van der Waals surface area contributed by atoms with Crippen molar-refractivity contribution in [3.63, 3.8) is 0 Å².